The Bertz CT molecular complexity index is 454. The molecule has 0 aliphatic rings. The van der Waals surface area contributed by atoms with Gasteiger partial charge in [0.2, 0.25) is 0 Å². The topological polar surface area (TPSA) is 81.3 Å². The molecule has 1 aromatic carbocycles. The van der Waals surface area contributed by atoms with E-state index in [2.05, 4.69) is 0 Å². The normalized spacial score (nSPS) is 11.8. The third kappa shape index (κ3) is 3.19. The fourth-order valence-electron chi connectivity index (χ4n) is 1.65. The number of aliphatic hydroxyl groups excluding tert-OH is 1. The first-order valence-corrected chi connectivity index (χ1v) is 5.59. The first kappa shape index (κ1) is 13.5. The van der Waals surface area contributed by atoms with Crippen molar-refractivity contribution in [1.82, 2.24) is 0 Å². The summed E-state index contributed by atoms with van der Waals surface area (Å²) in [6.45, 7) is 0. The first-order valence-electron chi connectivity index (χ1n) is 5.06. The second kappa shape index (κ2) is 6.24. The molecule has 1 aromatic rings. The maximum Gasteiger partial charge on any atom is 0.337 e. The fourth-order valence-corrected chi connectivity index (χ4v) is 1.91. The van der Waals surface area contributed by atoms with Crippen LogP contribution in [0.25, 0.3) is 0 Å². The van der Waals surface area contributed by atoms with E-state index in [0.717, 1.165) is 5.56 Å². The van der Waals surface area contributed by atoms with E-state index >= 15 is 0 Å². The molecule has 0 bridgehead atoms. The van der Waals surface area contributed by atoms with Gasteiger partial charge in [-0.1, -0.05) is 18.2 Å². The molecule has 0 aliphatic carbocycles. The minimum absolute atomic E-state index is 0.223. The van der Waals surface area contributed by atoms with E-state index in [-0.39, 0.29) is 12.3 Å². The lowest BCUT2D eigenvalue weighted by Crippen LogP contribution is -2.13. The molecular weight excluding hydrogens is 242 g/mol. The van der Waals surface area contributed by atoms with Crippen LogP contribution < -0.4 is 0 Å². The van der Waals surface area contributed by atoms with Gasteiger partial charge in [-0.25, -0.2) is 4.79 Å². The molecule has 2 N–H and O–H groups in total. The number of carbonyl (C=O) groups is 1. The highest BCUT2D eigenvalue weighted by molar-refractivity contribution is 6.17. The summed E-state index contributed by atoms with van der Waals surface area (Å²) in [7, 11) is 0. The van der Waals surface area contributed by atoms with Crippen LogP contribution >= 0.6 is 11.6 Å². The molecule has 1 rings (SSSR count). The number of halogens is 1. The number of rotatable bonds is 5. The van der Waals surface area contributed by atoms with E-state index in [1.54, 1.807) is 18.2 Å². The summed E-state index contributed by atoms with van der Waals surface area (Å²) in [4.78, 5) is 10.8. The molecule has 1 atom stereocenters. The lowest BCUT2D eigenvalue weighted by atomic mass is 9.94. The van der Waals surface area contributed by atoms with Crippen molar-refractivity contribution in [3.63, 3.8) is 0 Å². The van der Waals surface area contributed by atoms with Crippen LogP contribution in [0.15, 0.2) is 18.2 Å². The summed E-state index contributed by atoms with van der Waals surface area (Å²) < 4.78 is 0. The maximum atomic E-state index is 10.8. The molecule has 90 valence electrons. The number of aliphatic carboxylic acids is 1. The average Bonchev–Trinajstić information content (AvgIpc) is 2.34. The Balaban J connectivity index is 3.19. The highest BCUT2D eigenvalue weighted by Crippen LogP contribution is 2.24. The number of hydrogen-bond donors (Lipinski definition) is 2. The molecule has 0 saturated heterocycles. The third-order valence-electron chi connectivity index (χ3n) is 2.47. The van der Waals surface area contributed by atoms with Crippen LogP contribution in [0.4, 0.5) is 0 Å². The van der Waals surface area contributed by atoms with E-state index in [9.17, 15) is 9.90 Å². The van der Waals surface area contributed by atoms with Crippen molar-refractivity contribution in [2.75, 3.05) is 0 Å². The van der Waals surface area contributed by atoms with E-state index < -0.39 is 12.1 Å². The number of carboxylic acids is 1. The molecule has 0 aliphatic heterocycles. The number of aliphatic hydroxyl groups is 1. The van der Waals surface area contributed by atoms with Crippen LogP contribution in [-0.2, 0) is 17.1 Å². The van der Waals surface area contributed by atoms with Gasteiger partial charge in [0.1, 0.15) is 0 Å². The number of hydrogen-bond acceptors (Lipinski definition) is 3. The summed E-state index contributed by atoms with van der Waals surface area (Å²) in [5, 5.41) is 26.9. The molecular formula is C12H12ClNO3. The Morgan fingerprint density at radius 1 is 1.53 bits per heavy atom. The highest BCUT2D eigenvalue weighted by Gasteiger charge is 2.20. The second-order valence-corrected chi connectivity index (χ2v) is 3.78. The van der Waals surface area contributed by atoms with Gasteiger partial charge in [0.25, 0.3) is 0 Å². The monoisotopic (exact) mass is 253 g/mol. The van der Waals surface area contributed by atoms with Crippen molar-refractivity contribution in [3.8, 4) is 6.07 Å². The van der Waals surface area contributed by atoms with E-state index in [1.165, 1.54) is 0 Å². The molecule has 0 aromatic heterocycles. The van der Waals surface area contributed by atoms with E-state index in [1.807, 2.05) is 6.07 Å². The molecule has 0 heterocycles. The summed E-state index contributed by atoms with van der Waals surface area (Å²) in [5.41, 5.74) is 1.71. The standard InChI is InChI=1S/C12H12ClNO3/c13-7-8-3-1-4-10(11(15)12(16)17)9(8)5-2-6-14/h1,3-4,11,15H,2,5,7H2,(H,16,17). The number of nitriles is 1. The van der Waals surface area contributed by atoms with Crippen LogP contribution in [-0.4, -0.2) is 16.2 Å². The van der Waals surface area contributed by atoms with Crippen molar-refractivity contribution in [1.29, 1.82) is 5.26 Å². The lowest BCUT2D eigenvalue weighted by molar-refractivity contribution is -0.147. The van der Waals surface area contributed by atoms with Gasteiger partial charge < -0.3 is 10.2 Å². The van der Waals surface area contributed by atoms with Crippen LogP contribution in [0.3, 0.4) is 0 Å². The molecule has 0 fully saturated rings. The van der Waals surface area contributed by atoms with E-state index in [0.29, 0.717) is 17.5 Å². The maximum absolute atomic E-state index is 10.8. The molecule has 17 heavy (non-hydrogen) atoms. The zero-order chi connectivity index (χ0) is 12.8. The second-order valence-electron chi connectivity index (χ2n) is 3.52. The van der Waals surface area contributed by atoms with Gasteiger partial charge >= 0.3 is 5.97 Å². The molecule has 1 unspecified atom stereocenters. The summed E-state index contributed by atoms with van der Waals surface area (Å²) in [5.74, 6) is -1.09. The fraction of sp³-hybridized carbons (Fsp3) is 0.333. The number of carboxylic acid groups (broad SMARTS) is 1. The Kier molecular flexibility index (Phi) is 4.95. The van der Waals surface area contributed by atoms with Gasteiger partial charge in [-0.05, 0) is 23.1 Å². The van der Waals surface area contributed by atoms with Crippen LogP contribution in [0, 0.1) is 11.3 Å². The predicted molar refractivity (Wildman–Crippen MR) is 62.5 cm³/mol. The Hall–Kier alpha value is -1.57. The van der Waals surface area contributed by atoms with E-state index in [4.69, 9.17) is 22.0 Å². The van der Waals surface area contributed by atoms with Gasteiger partial charge in [0.05, 0.1) is 6.07 Å². The van der Waals surface area contributed by atoms with Crippen LogP contribution in [0.5, 0.6) is 0 Å². The van der Waals surface area contributed by atoms with Crippen molar-refractivity contribution in [2.45, 2.75) is 24.8 Å². The van der Waals surface area contributed by atoms with Crippen molar-refractivity contribution in [2.24, 2.45) is 0 Å². The van der Waals surface area contributed by atoms with Crippen LogP contribution in [0.1, 0.15) is 29.2 Å². The minimum Gasteiger partial charge on any atom is -0.479 e. The van der Waals surface area contributed by atoms with Gasteiger partial charge in [0, 0.05) is 12.3 Å². The third-order valence-corrected chi connectivity index (χ3v) is 2.76. The Morgan fingerprint density at radius 3 is 2.76 bits per heavy atom. The van der Waals surface area contributed by atoms with Gasteiger partial charge in [-0.2, -0.15) is 5.26 Å². The smallest absolute Gasteiger partial charge is 0.337 e. The average molecular weight is 254 g/mol. The molecule has 0 radical (unpaired) electrons. The summed E-state index contributed by atoms with van der Waals surface area (Å²) >= 11 is 5.76. The number of nitrogens with zero attached hydrogens (tertiary/aromatic N) is 1. The van der Waals surface area contributed by atoms with Gasteiger partial charge in [0.15, 0.2) is 6.10 Å². The summed E-state index contributed by atoms with van der Waals surface area (Å²) in [6.07, 6.45) is -0.932. The largest absolute Gasteiger partial charge is 0.479 e. The number of alkyl halides is 1. The Labute approximate surface area is 104 Å². The zero-order valence-corrected chi connectivity index (χ0v) is 9.81. The SMILES string of the molecule is N#CCCc1c(CCl)cccc1C(O)C(=O)O. The van der Waals surface area contributed by atoms with Gasteiger partial charge in [-0.3, -0.25) is 0 Å². The van der Waals surface area contributed by atoms with Crippen LogP contribution in [0.2, 0.25) is 0 Å². The number of benzene rings is 1. The predicted octanol–water partition coefficient (Wildman–Crippen LogP) is 2.00. The summed E-state index contributed by atoms with van der Waals surface area (Å²) in [6, 6.07) is 6.94. The molecule has 0 spiro atoms. The molecule has 0 amide bonds. The Morgan fingerprint density at radius 2 is 2.24 bits per heavy atom. The first-order chi connectivity index (χ1) is 8.11. The van der Waals surface area contributed by atoms with Crippen molar-refractivity contribution in [3.05, 3.63) is 34.9 Å². The molecule has 5 heteroatoms. The highest BCUT2D eigenvalue weighted by atomic mass is 35.5. The minimum atomic E-state index is -1.58. The van der Waals surface area contributed by atoms with Crippen molar-refractivity contribution >= 4 is 17.6 Å². The molecule has 4 nitrogen and oxygen atoms in total. The van der Waals surface area contributed by atoms with Gasteiger partial charge in [-0.15, -0.1) is 11.6 Å². The van der Waals surface area contributed by atoms with Crippen molar-refractivity contribution < 1.29 is 15.0 Å². The zero-order valence-electron chi connectivity index (χ0n) is 9.06. The lowest BCUT2D eigenvalue weighted by Gasteiger charge is -2.14. The molecule has 0 saturated carbocycles. The quantitative estimate of drug-likeness (QED) is 0.787.